The lowest BCUT2D eigenvalue weighted by molar-refractivity contribution is -0.124. The zero-order valence-corrected chi connectivity index (χ0v) is 15.3. The average molecular weight is 369 g/mol. The Morgan fingerprint density at radius 3 is 2.79 bits per heavy atom. The summed E-state index contributed by atoms with van der Waals surface area (Å²) in [5.41, 5.74) is 1.84. The molecular formula is C17H22Cl2N4O. The number of imidazole rings is 1. The van der Waals surface area contributed by atoms with Gasteiger partial charge in [-0.15, -0.1) is 0 Å². The Bertz CT molecular complexity index is 659. The van der Waals surface area contributed by atoms with Gasteiger partial charge in [0, 0.05) is 31.4 Å². The van der Waals surface area contributed by atoms with Crippen molar-refractivity contribution >= 4 is 29.1 Å². The van der Waals surface area contributed by atoms with Crippen LogP contribution in [0, 0.1) is 5.92 Å². The van der Waals surface area contributed by atoms with Crippen molar-refractivity contribution in [1.82, 2.24) is 20.6 Å². The van der Waals surface area contributed by atoms with Gasteiger partial charge in [-0.05, 0) is 17.5 Å². The molecule has 1 aromatic carbocycles. The molecule has 1 aromatic heterocycles. The van der Waals surface area contributed by atoms with Crippen molar-refractivity contribution in [3.05, 3.63) is 52.0 Å². The van der Waals surface area contributed by atoms with Crippen LogP contribution in [0.3, 0.4) is 0 Å². The van der Waals surface area contributed by atoms with Crippen molar-refractivity contribution in [1.29, 1.82) is 0 Å². The van der Waals surface area contributed by atoms with Gasteiger partial charge in [0.1, 0.15) is 0 Å². The van der Waals surface area contributed by atoms with Crippen LogP contribution in [0.4, 0.5) is 0 Å². The van der Waals surface area contributed by atoms with Crippen molar-refractivity contribution < 1.29 is 4.79 Å². The maximum absolute atomic E-state index is 12.5. The normalized spacial score (nSPS) is 12.4. The van der Waals surface area contributed by atoms with Crippen LogP contribution in [0.2, 0.25) is 10.0 Å². The van der Waals surface area contributed by atoms with Crippen LogP contribution in [0.25, 0.3) is 0 Å². The first kappa shape index (κ1) is 18.8. The molecule has 24 heavy (non-hydrogen) atoms. The number of rotatable bonds is 8. The van der Waals surface area contributed by atoms with E-state index in [4.69, 9.17) is 23.2 Å². The number of aromatic amines is 1. The zero-order valence-electron chi connectivity index (χ0n) is 13.8. The molecule has 1 heterocycles. The fraction of sp³-hybridized carbons (Fsp3) is 0.412. The maximum Gasteiger partial charge on any atom is 0.237 e. The third-order valence-corrected chi connectivity index (χ3v) is 4.61. The molecule has 0 bridgehead atoms. The first-order valence-electron chi connectivity index (χ1n) is 7.90. The summed E-state index contributed by atoms with van der Waals surface area (Å²) in [5, 5.41) is 7.19. The highest BCUT2D eigenvalue weighted by atomic mass is 35.5. The lowest BCUT2D eigenvalue weighted by Crippen LogP contribution is -2.47. The SMILES string of the molecule is CC(C)[C@H](NCCc1cnc[nH]1)C(=O)NCc1cccc(Cl)c1Cl. The van der Waals surface area contributed by atoms with E-state index in [1.165, 1.54) is 0 Å². The van der Waals surface area contributed by atoms with E-state index in [0.29, 0.717) is 23.1 Å². The van der Waals surface area contributed by atoms with E-state index >= 15 is 0 Å². The second-order valence-electron chi connectivity index (χ2n) is 5.93. The van der Waals surface area contributed by atoms with Crippen LogP contribution >= 0.6 is 23.2 Å². The van der Waals surface area contributed by atoms with Gasteiger partial charge in [0.05, 0.1) is 22.4 Å². The predicted molar refractivity (Wildman–Crippen MR) is 97.2 cm³/mol. The fourth-order valence-corrected chi connectivity index (χ4v) is 2.78. The Balaban J connectivity index is 1.87. The summed E-state index contributed by atoms with van der Waals surface area (Å²) in [6, 6.07) is 5.12. The highest BCUT2D eigenvalue weighted by Gasteiger charge is 2.21. The van der Waals surface area contributed by atoms with Gasteiger partial charge in [0.25, 0.3) is 0 Å². The van der Waals surface area contributed by atoms with Crippen LogP contribution in [-0.4, -0.2) is 28.5 Å². The predicted octanol–water partition coefficient (Wildman–Crippen LogP) is 3.19. The molecule has 0 saturated heterocycles. The Labute approximate surface area is 152 Å². The van der Waals surface area contributed by atoms with E-state index in [1.807, 2.05) is 26.0 Å². The Morgan fingerprint density at radius 1 is 1.33 bits per heavy atom. The average Bonchev–Trinajstić information content (AvgIpc) is 3.05. The lowest BCUT2D eigenvalue weighted by Gasteiger charge is -2.22. The molecule has 7 heteroatoms. The minimum absolute atomic E-state index is 0.0503. The highest BCUT2D eigenvalue weighted by Crippen LogP contribution is 2.25. The molecule has 0 saturated carbocycles. The van der Waals surface area contributed by atoms with Gasteiger partial charge in [-0.25, -0.2) is 4.98 Å². The van der Waals surface area contributed by atoms with E-state index in [2.05, 4.69) is 20.6 Å². The summed E-state index contributed by atoms with van der Waals surface area (Å²) in [6.07, 6.45) is 4.22. The Kier molecular flexibility index (Phi) is 7.09. The van der Waals surface area contributed by atoms with Gasteiger partial charge in [0.2, 0.25) is 5.91 Å². The monoisotopic (exact) mass is 368 g/mol. The molecule has 3 N–H and O–H groups in total. The summed E-state index contributed by atoms with van der Waals surface area (Å²) >= 11 is 12.1. The number of H-pyrrole nitrogens is 1. The molecule has 0 radical (unpaired) electrons. The Hall–Kier alpha value is -1.56. The molecule has 0 aliphatic rings. The molecule has 0 spiro atoms. The largest absolute Gasteiger partial charge is 0.351 e. The molecule has 130 valence electrons. The summed E-state index contributed by atoms with van der Waals surface area (Å²) in [6.45, 7) is 5.07. The van der Waals surface area contributed by atoms with Crippen LogP contribution < -0.4 is 10.6 Å². The number of nitrogens with zero attached hydrogens (tertiary/aromatic N) is 1. The second kappa shape index (κ2) is 9.06. The highest BCUT2D eigenvalue weighted by molar-refractivity contribution is 6.42. The molecule has 0 aliphatic carbocycles. The van der Waals surface area contributed by atoms with Crippen molar-refractivity contribution in [2.75, 3.05) is 6.54 Å². The smallest absolute Gasteiger partial charge is 0.237 e. The number of amides is 1. The van der Waals surface area contributed by atoms with Gasteiger partial charge in [-0.1, -0.05) is 49.2 Å². The van der Waals surface area contributed by atoms with E-state index in [0.717, 1.165) is 17.7 Å². The van der Waals surface area contributed by atoms with Crippen LogP contribution in [-0.2, 0) is 17.8 Å². The van der Waals surface area contributed by atoms with Crippen molar-refractivity contribution in [2.45, 2.75) is 32.9 Å². The minimum Gasteiger partial charge on any atom is -0.351 e. The molecule has 0 unspecified atom stereocenters. The number of benzene rings is 1. The maximum atomic E-state index is 12.5. The molecule has 0 aliphatic heterocycles. The summed E-state index contributed by atoms with van der Waals surface area (Å²) in [4.78, 5) is 19.5. The molecule has 2 aromatic rings. The van der Waals surface area contributed by atoms with Gasteiger partial charge in [-0.3, -0.25) is 4.79 Å². The summed E-state index contributed by atoms with van der Waals surface area (Å²) in [5.74, 6) is 0.118. The molecule has 1 amide bonds. The third-order valence-electron chi connectivity index (χ3n) is 3.75. The zero-order chi connectivity index (χ0) is 17.5. The first-order valence-corrected chi connectivity index (χ1v) is 8.66. The van der Waals surface area contributed by atoms with Crippen molar-refractivity contribution in [3.63, 3.8) is 0 Å². The topological polar surface area (TPSA) is 69.8 Å². The van der Waals surface area contributed by atoms with E-state index in [9.17, 15) is 4.79 Å². The Morgan fingerprint density at radius 2 is 2.12 bits per heavy atom. The van der Waals surface area contributed by atoms with Crippen LogP contribution in [0.15, 0.2) is 30.7 Å². The minimum atomic E-state index is -0.272. The van der Waals surface area contributed by atoms with Crippen LogP contribution in [0.1, 0.15) is 25.1 Å². The van der Waals surface area contributed by atoms with Gasteiger partial charge < -0.3 is 15.6 Å². The number of nitrogens with one attached hydrogen (secondary N) is 3. The molecular weight excluding hydrogens is 347 g/mol. The number of aromatic nitrogens is 2. The molecule has 0 fully saturated rings. The number of hydrogen-bond acceptors (Lipinski definition) is 3. The van der Waals surface area contributed by atoms with Gasteiger partial charge >= 0.3 is 0 Å². The fourth-order valence-electron chi connectivity index (χ4n) is 2.39. The van der Waals surface area contributed by atoms with Gasteiger partial charge in [-0.2, -0.15) is 0 Å². The van der Waals surface area contributed by atoms with Crippen molar-refractivity contribution in [2.24, 2.45) is 5.92 Å². The molecule has 2 rings (SSSR count). The number of carbonyl (C=O) groups is 1. The first-order chi connectivity index (χ1) is 11.5. The molecule has 1 atom stereocenters. The van der Waals surface area contributed by atoms with E-state index in [1.54, 1.807) is 18.6 Å². The quantitative estimate of drug-likeness (QED) is 0.669. The number of halogens is 2. The standard InChI is InChI=1S/C17H22Cl2N4O/c1-11(2)16(21-7-6-13-9-20-10-23-13)17(24)22-8-12-4-3-5-14(18)15(12)19/h3-5,9-11,16,21H,6-8H2,1-2H3,(H,20,23)(H,22,24)/t16-/m0/s1. The van der Waals surface area contributed by atoms with E-state index in [-0.39, 0.29) is 17.9 Å². The third kappa shape index (κ3) is 5.23. The summed E-state index contributed by atoms with van der Waals surface area (Å²) in [7, 11) is 0. The van der Waals surface area contributed by atoms with Crippen molar-refractivity contribution in [3.8, 4) is 0 Å². The molecule has 5 nitrogen and oxygen atoms in total. The lowest BCUT2D eigenvalue weighted by atomic mass is 10.0. The van der Waals surface area contributed by atoms with Gasteiger partial charge in [0.15, 0.2) is 0 Å². The van der Waals surface area contributed by atoms with E-state index < -0.39 is 0 Å². The number of carbonyl (C=O) groups excluding carboxylic acids is 1. The second-order valence-corrected chi connectivity index (χ2v) is 6.72. The summed E-state index contributed by atoms with van der Waals surface area (Å²) < 4.78 is 0. The van der Waals surface area contributed by atoms with Crippen LogP contribution in [0.5, 0.6) is 0 Å². The number of hydrogen-bond donors (Lipinski definition) is 3.